The summed E-state index contributed by atoms with van der Waals surface area (Å²) in [6.45, 7) is 0. The van der Waals surface area contributed by atoms with Crippen LogP contribution in [0.1, 0.15) is 15.9 Å². The number of fused-ring (bicyclic) bond motifs is 1. The molecule has 0 amide bonds. The Hall–Kier alpha value is -2.62. The minimum absolute atomic E-state index is 0.143. The number of H-pyrrole nitrogens is 1. The number of carbonyl (C=O) groups excluding carboxylic acids is 1. The van der Waals surface area contributed by atoms with E-state index < -0.39 is 5.82 Å². The number of rotatable bonds is 4. The van der Waals surface area contributed by atoms with Crippen molar-refractivity contribution >= 4 is 16.7 Å². The molecule has 0 spiro atoms. The zero-order valence-corrected chi connectivity index (χ0v) is 11.5. The number of hydrogen-bond acceptors (Lipinski definition) is 2. The van der Waals surface area contributed by atoms with Gasteiger partial charge in [-0.3, -0.25) is 4.79 Å². The lowest BCUT2D eigenvalue weighted by Crippen LogP contribution is -2.04. The number of para-hydroxylation sites is 1. The topological polar surface area (TPSA) is 42.1 Å². The van der Waals surface area contributed by atoms with Crippen LogP contribution in [0.25, 0.3) is 10.9 Å². The maximum Gasteiger partial charge on any atom is 0.169 e. The van der Waals surface area contributed by atoms with Gasteiger partial charge in [-0.2, -0.15) is 0 Å². The van der Waals surface area contributed by atoms with Gasteiger partial charge in [-0.05, 0) is 18.2 Å². The molecule has 0 aliphatic carbocycles. The van der Waals surface area contributed by atoms with E-state index in [1.165, 1.54) is 6.07 Å². The molecule has 21 heavy (non-hydrogen) atoms. The van der Waals surface area contributed by atoms with Crippen molar-refractivity contribution in [3.8, 4) is 5.75 Å². The molecule has 0 saturated heterocycles. The Balaban J connectivity index is 1.98. The first-order chi connectivity index (χ1) is 10.2. The maximum atomic E-state index is 13.9. The Kier molecular flexibility index (Phi) is 3.44. The molecule has 3 nitrogen and oxygen atoms in total. The summed E-state index contributed by atoms with van der Waals surface area (Å²) in [4.78, 5) is 15.4. The molecular formula is C17H14FNO2. The van der Waals surface area contributed by atoms with E-state index in [1.807, 2.05) is 18.2 Å². The first-order valence-corrected chi connectivity index (χ1v) is 6.61. The largest absolute Gasteiger partial charge is 0.496 e. The van der Waals surface area contributed by atoms with E-state index >= 15 is 0 Å². The van der Waals surface area contributed by atoms with Gasteiger partial charge < -0.3 is 9.72 Å². The number of ketones is 1. The third-order valence-corrected chi connectivity index (χ3v) is 3.50. The van der Waals surface area contributed by atoms with Crippen molar-refractivity contribution in [3.63, 3.8) is 0 Å². The molecule has 1 heterocycles. The number of halogens is 1. The predicted molar refractivity (Wildman–Crippen MR) is 79.3 cm³/mol. The summed E-state index contributed by atoms with van der Waals surface area (Å²) in [7, 11) is 1.56. The summed E-state index contributed by atoms with van der Waals surface area (Å²) in [5.41, 5.74) is 1.78. The number of methoxy groups -OCH3 is 1. The van der Waals surface area contributed by atoms with Crippen molar-refractivity contribution in [1.82, 2.24) is 4.98 Å². The first kappa shape index (κ1) is 13.4. The van der Waals surface area contributed by atoms with Crippen LogP contribution in [0.5, 0.6) is 5.75 Å². The molecule has 0 saturated carbocycles. The lowest BCUT2D eigenvalue weighted by molar-refractivity contribution is 0.0993. The zero-order valence-electron chi connectivity index (χ0n) is 11.5. The van der Waals surface area contributed by atoms with Crippen LogP contribution in [-0.2, 0) is 6.42 Å². The Bertz CT molecular complexity index is 807. The van der Waals surface area contributed by atoms with Gasteiger partial charge in [0.15, 0.2) is 5.78 Å². The van der Waals surface area contributed by atoms with Crippen LogP contribution in [-0.4, -0.2) is 17.9 Å². The highest BCUT2D eigenvalue weighted by atomic mass is 19.1. The Morgan fingerprint density at radius 3 is 2.81 bits per heavy atom. The summed E-state index contributed by atoms with van der Waals surface area (Å²) in [5.74, 6) is 0.124. The number of carbonyl (C=O) groups is 1. The fourth-order valence-electron chi connectivity index (χ4n) is 2.48. The van der Waals surface area contributed by atoms with E-state index in [0.717, 1.165) is 5.56 Å². The molecule has 3 rings (SSSR count). The van der Waals surface area contributed by atoms with Gasteiger partial charge in [0.1, 0.15) is 11.6 Å². The fraction of sp³-hybridized carbons (Fsp3) is 0.118. The van der Waals surface area contributed by atoms with Crippen molar-refractivity contribution in [2.75, 3.05) is 7.11 Å². The van der Waals surface area contributed by atoms with Crippen LogP contribution >= 0.6 is 0 Å². The zero-order chi connectivity index (χ0) is 14.8. The van der Waals surface area contributed by atoms with Crippen molar-refractivity contribution in [2.45, 2.75) is 6.42 Å². The molecule has 2 aromatic carbocycles. The molecule has 1 N–H and O–H groups in total. The molecule has 0 radical (unpaired) electrons. The van der Waals surface area contributed by atoms with Crippen LogP contribution < -0.4 is 4.74 Å². The third-order valence-electron chi connectivity index (χ3n) is 3.50. The van der Waals surface area contributed by atoms with Crippen molar-refractivity contribution in [3.05, 3.63) is 65.6 Å². The van der Waals surface area contributed by atoms with Crippen LogP contribution in [0, 0.1) is 5.82 Å². The minimum Gasteiger partial charge on any atom is -0.496 e. The minimum atomic E-state index is -0.392. The van der Waals surface area contributed by atoms with Gasteiger partial charge in [0, 0.05) is 34.6 Å². The molecule has 0 unspecified atom stereocenters. The number of Topliss-reactive ketones (excluding diaryl/α,β-unsaturated/α-hetero) is 1. The number of ether oxygens (including phenoxy) is 1. The lowest BCUT2D eigenvalue weighted by atomic mass is 10.0. The Morgan fingerprint density at radius 2 is 2.00 bits per heavy atom. The Labute approximate surface area is 121 Å². The van der Waals surface area contributed by atoms with E-state index in [0.29, 0.717) is 22.2 Å². The lowest BCUT2D eigenvalue weighted by Gasteiger charge is -2.07. The fourth-order valence-corrected chi connectivity index (χ4v) is 2.48. The van der Waals surface area contributed by atoms with Crippen LogP contribution in [0.4, 0.5) is 4.39 Å². The van der Waals surface area contributed by atoms with Crippen LogP contribution in [0.3, 0.4) is 0 Å². The van der Waals surface area contributed by atoms with E-state index in [4.69, 9.17) is 4.74 Å². The van der Waals surface area contributed by atoms with Crippen LogP contribution in [0.15, 0.2) is 48.7 Å². The summed E-state index contributed by atoms with van der Waals surface area (Å²) in [5, 5.41) is 0.345. The highest BCUT2D eigenvalue weighted by Gasteiger charge is 2.17. The average molecular weight is 283 g/mol. The summed E-state index contributed by atoms with van der Waals surface area (Å²) in [6.07, 6.45) is 1.73. The molecule has 106 valence electrons. The second-order valence-corrected chi connectivity index (χ2v) is 4.78. The van der Waals surface area contributed by atoms with E-state index in [1.54, 1.807) is 31.5 Å². The van der Waals surface area contributed by atoms with Crippen molar-refractivity contribution in [2.24, 2.45) is 0 Å². The number of aromatic amines is 1. The summed E-state index contributed by atoms with van der Waals surface area (Å²) in [6, 6.07) is 12.1. The number of benzene rings is 2. The standard InChI is InChI=1S/C17H14FNO2/c1-21-16-8-3-2-5-11(16)9-15(20)12-10-19-14-7-4-6-13(18)17(12)14/h2-8,10,19H,9H2,1H3. The normalized spacial score (nSPS) is 10.8. The van der Waals surface area contributed by atoms with Gasteiger partial charge in [-0.15, -0.1) is 0 Å². The van der Waals surface area contributed by atoms with Gasteiger partial charge in [0.2, 0.25) is 0 Å². The molecular weight excluding hydrogens is 269 g/mol. The highest BCUT2D eigenvalue weighted by Crippen LogP contribution is 2.25. The van der Waals surface area contributed by atoms with Gasteiger partial charge in [-0.25, -0.2) is 4.39 Å². The van der Waals surface area contributed by atoms with Crippen molar-refractivity contribution < 1.29 is 13.9 Å². The molecule has 0 fully saturated rings. The number of hydrogen-bond donors (Lipinski definition) is 1. The molecule has 0 atom stereocenters. The quantitative estimate of drug-likeness (QED) is 0.741. The second-order valence-electron chi connectivity index (χ2n) is 4.78. The molecule has 1 aromatic heterocycles. The van der Waals surface area contributed by atoms with Gasteiger partial charge in [0.05, 0.1) is 7.11 Å². The van der Waals surface area contributed by atoms with Gasteiger partial charge in [0.25, 0.3) is 0 Å². The average Bonchev–Trinajstić information content (AvgIpc) is 2.93. The van der Waals surface area contributed by atoms with E-state index in [9.17, 15) is 9.18 Å². The third kappa shape index (κ3) is 2.40. The van der Waals surface area contributed by atoms with Crippen LogP contribution in [0.2, 0.25) is 0 Å². The molecule has 0 aliphatic rings. The van der Waals surface area contributed by atoms with Gasteiger partial charge in [-0.1, -0.05) is 24.3 Å². The van der Waals surface area contributed by atoms with Crippen molar-refractivity contribution in [1.29, 1.82) is 0 Å². The molecule has 3 aromatic rings. The molecule has 0 bridgehead atoms. The maximum absolute atomic E-state index is 13.9. The summed E-state index contributed by atoms with van der Waals surface area (Å²) < 4.78 is 19.2. The highest BCUT2D eigenvalue weighted by molar-refractivity contribution is 6.08. The molecule has 4 heteroatoms. The smallest absolute Gasteiger partial charge is 0.169 e. The number of aromatic nitrogens is 1. The molecule has 0 aliphatic heterocycles. The summed E-state index contributed by atoms with van der Waals surface area (Å²) >= 11 is 0. The first-order valence-electron chi connectivity index (χ1n) is 6.61. The second kappa shape index (κ2) is 5.40. The number of nitrogens with one attached hydrogen (secondary N) is 1. The SMILES string of the molecule is COc1ccccc1CC(=O)c1c[nH]c2cccc(F)c12. The monoisotopic (exact) mass is 283 g/mol. The van der Waals surface area contributed by atoms with E-state index in [2.05, 4.69) is 4.98 Å². The van der Waals surface area contributed by atoms with E-state index in [-0.39, 0.29) is 12.2 Å². The predicted octanol–water partition coefficient (Wildman–Crippen LogP) is 3.74. The Morgan fingerprint density at radius 1 is 1.19 bits per heavy atom. The van der Waals surface area contributed by atoms with Gasteiger partial charge >= 0.3 is 0 Å².